The van der Waals surface area contributed by atoms with Crippen LogP contribution in [0.1, 0.15) is 45.4 Å². The van der Waals surface area contributed by atoms with Gasteiger partial charge in [0.2, 0.25) is 0 Å². The lowest BCUT2D eigenvalue weighted by Crippen LogP contribution is -2.41. The molecule has 0 aromatic rings. The summed E-state index contributed by atoms with van der Waals surface area (Å²) in [6.07, 6.45) is 7.36. The Morgan fingerprint density at radius 3 is 2.31 bits per heavy atom. The van der Waals surface area contributed by atoms with E-state index in [0.29, 0.717) is 6.04 Å². The van der Waals surface area contributed by atoms with Crippen molar-refractivity contribution >= 4 is 5.97 Å². The molecule has 0 amide bonds. The lowest BCUT2D eigenvalue weighted by atomic mass is 10.1. The van der Waals surface area contributed by atoms with Gasteiger partial charge < -0.3 is 10.4 Å². The van der Waals surface area contributed by atoms with E-state index in [9.17, 15) is 4.79 Å². The summed E-state index contributed by atoms with van der Waals surface area (Å²) in [6.45, 7) is 1.72. The Labute approximate surface area is 79.5 Å². The Hall–Kier alpha value is -0.570. The molecule has 3 heteroatoms. The maximum absolute atomic E-state index is 10.6. The molecule has 1 saturated carbocycles. The zero-order chi connectivity index (χ0) is 9.68. The predicted molar refractivity (Wildman–Crippen MR) is 51.7 cm³/mol. The van der Waals surface area contributed by atoms with Crippen molar-refractivity contribution < 1.29 is 9.90 Å². The highest BCUT2D eigenvalue weighted by Gasteiger charge is 2.17. The van der Waals surface area contributed by atoms with Crippen molar-refractivity contribution in [1.29, 1.82) is 0 Å². The fourth-order valence-electron chi connectivity index (χ4n) is 1.87. The number of hydrogen-bond acceptors (Lipinski definition) is 2. The quantitative estimate of drug-likeness (QED) is 0.659. The summed E-state index contributed by atoms with van der Waals surface area (Å²) in [5.74, 6) is -0.746. The van der Waals surface area contributed by atoms with E-state index in [4.69, 9.17) is 5.11 Å². The summed E-state index contributed by atoms with van der Waals surface area (Å²) in [5.41, 5.74) is 0. The van der Waals surface area contributed by atoms with Crippen LogP contribution in [0.4, 0.5) is 0 Å². The number of carboxylic acids is 1. The van der Waals surface area contributed by atoms with Gasteiger partial charge in [0.15, 0.2) is 0 Å². The highest BCUT2D eigenvalue weighted by molar-refractivity contribution is 5.72. The molecule has 1 atom stereocenters. The molecule has 0 aromatic carbocycles. The van der Waals surface area contributed by atoms with Crippen LogP contribution < -0.4 is 5.32 Å². The van der Waals surface area contributed by atoms with Gasteiger partial charge in [0.1, 0.15) is 6.04 Å². The molecule has 2 N–H and O–H groups in total. The Kier molecular flexibility index (Phi) is 4.22. The SMILES string of the molecule is CC(NC1CCCCCC1)C(=O)O. The van der Waals surface area contributed by atoms with Gasteiger partial charge in [0.05, 0.1) is 0 Å². The third kappa shape index (κ3) is 3.77. The molecular weight excluding hydrogens is 166 g/mol. The van der Waals surface area contributed by atoms with Crippen molar-refractivity contribution in [3.63, 3.8) is 0 Å². The van der Waals surface area contributed by atoms with Crippen LogP contribution >= 0.6 is 0 Å². The number of aliphatic carboxylic acids is 1. The Bertz CT molecular complexity index is 162. The topological polar surface area (TPSA) is 49.3 Å². The molecule has 13 heavy (non-hydrogen) atoms. The largest absolute Gasteiger partial charge is 0.480 e. The summed E-state index contributed by atoms with van der Waals surface area (Å²) in [6, 6.07) is 0.0247. The molecule has 1 unspecified atom stereocenters. The van der Waals surface area contributed by atoms with Gasteiger partial charge in [-0.1, -0.05) is 25.7 Å². The minimum atomic E-state index is -0.746. The van der Waals surface area contributed by atoms with Gasteiger partial charge in [0, 0.05) is 6.04 Å². The first-order valence-corrected chi connectivity index (χ1v) is 5.19. The van der Waals surface area contributed by atoms with Crippen LogP contribution in [0, 0.1) is 0 Å². The standard InChI is InChI=1S/C10H19NO2/c1-8(10(12)13)11-9-6-4-2-3-5-7-9/h8-9,11H,2-7H2,1H3,(H,12,13). The van der Waals surface area contributed by atoms with Crippen LogP contribution in [0.15, 0.2) is 0 Å². The van der Waals surface area contributed by atoms with Crippen molar-refractivity contribution in [3.05, 3.63) is 0 Å². The molecule has 76 valence electrons. The fraction of sp³-hybridized carbons (Fsp3) is 0.900. The van der Waals surface area contributed by atoms with Gasteiger partial charge in [-0.05, 0) is 19.8 Å². The van der Waals surface area contributed by atoms with Crippen LogP contribution in [0.3, 0.4) is 0 Å². The lowest BCUT2D eigenvalue weighted by molar-refractivity contribution is -0.139. The van der Waals surface area contributed by atoms with Gasteiger partial charge in [-0.3, -0.25) is 4.79 Å². The van der Waals surface area contributed by atoms with E-state index in [1.54, 1.807) is 6.92 Å². The first-order valence-electron chi connectivity index (χ1n) is 5.19. The monoisotopic (exact) mass is 185 g/mol. The Morgan fingerprint density at radius 2 is 1.85 bits per heavy atom. The smallest absolute Gasteiger partial charge is 0.320 e. The first-order chi connectivity index (χ1) is 6.20. The van der Waals surface area contributed by atoms with Crippen molar-refractivity contribution in [2.24, 2.45) is 0 Å². The third-order valence-corrected chi connectivity index (χ3v) is 2.71. The van der Waals surface area contributed by atoms with Crippen LogP contribution in [-0.4, -0.2) is 23.2 Å². The predicted octanol–water partition coefficient (Wildman–Crippen LogP) is 1.77. The number of carboxylic acid groups (broad SMARTS) is 1. The molecule has 3 nitrogen and oxygen atoms in total. The highest BCUT2D eigenvalue weighted by atomic mass is 16.4. The Balaban J connectivity index is 2.29. The number of nitrogens with one attached hydrogen (secondary N) is 1. The molecule has 0 aromatic heterocycles. The van der Waals surface area contributed by atoms with E-state index < -0.39 is 12.0 Å². The minimum absolute atomic E-state index is 0.400. The zero-order valence-electron chi connectivity index (χ0n) is 8.25. The normalized spacial score (nSPS) is 22.2. The molecule has 0 bridgehead atoms. The van der Waals surface area contributed by atoms with Crippen molar-refractivity contribution in [2.45, 2.75) is 57.5 Å². The number of rotatable bonds is 3. The van der Waals surface area contributed by atoms with E-state index in [1.807, 2.05) is 0 Å². The average molecular weight is 185 g/mol. The second kappa shape index (κ2) is 5.22. The second-order valence-electron chi connectivity index (χ2n) is 3.92. The Morgan fingerprint density at radius 1 is 1.31 bits per heavy atom. The lowest BCUT2D eigenvalue weighted by Gasteiger charge is -2.18. The van der Waals surface area contributed by atoms with E-state index in [1.165, 1.54) is 25.7 Å². The third-order valence-electron chi connectivity index (χ3n) is 2.71. The zero-order valence-corrected chi connectivity index (χ0v) is 8.25. The van der Waals surface area contributed by atoms with Crippen LogP contribution in [0.25, 0.3) is 0 Å². The summed E-state index contributed by atoms with van der Waals surface area (Å²) < 4.78 is 0. The number of carbonyl (C=O) groups is 1. The van der Waals surface area contributed by atoms with Gasteiger partial charge in [-0.25, -0.2) is 0 Å². The molecule has 0 saturated heterocycles. The second-order valence-corrected chi connectivity index (χ2v) is 3.92. The fourth-order valence-corrected chi connectivity index (χ4v) is 1.87. The van der Waals surface area contributed by atoms with Gasteiger partial charge in [0.25, 0.3) is 0 Å². The maximum atomic E-state index is 10.6. The summed E-state index contributed by atoms with van der Waals surface area (Å²) in [7, 11) is 0. The van der Waals surface area contributed by atoms with Crippen molar-refractivity contribution in [1.82, 2.24) is 5.32 Å². The molecule has 1 aliphatic rings. The van der Waals surface area contributed by atoms with Crippen LogP contribution in [0.2, 0.25) is 0 Å². The van der Waals surface area contributed by atoms with Crippen LogP contribution in [0.5, 0.6) is 0 Å². The highest BCUT2D eigenvalue weighted by Crippen LogP contribution is 2.17. The minimum Gasteiger partial charge on any atom is -0.480 e. The van der Waals surface area contributed by atoms with Gasteiger partial charge >= 0.3 is 5.97 Å². The average Bonchev–Trinajstić information content (AvgIpc) is 2.32. The van der Waals surface area contributed by atoms with Gasteiger partial charge in [-0.15, -0.1) is 0 Å². The van der Waals surface area contributed by atoms with E-state index in [-0.39, 0.29) is 0 Å². The summed E-state index contributed by atoms with van der Waals surface area (Å²) in [5, 5.41) is 11.9. The molecule has 0 aliphatic heterocycles. The molecule has 1 fully saturated rings. The molecule has 0 radical (unpaired) electrons. The molecule has 1 aliphatic carbocycles. The van der Waals surface area contributed by atoms with E-state index in [0.717, 1.165) is 12.8 Å². The molecule has 0 heterocycles. The maximum Gasteiger partial charge on any atom is 0.320 e. The number of hydrogen-bond donors (Lipinski definition) is 2. The molecular formula is C10H19NO2. The van der Waals surface area contributed by atoms with E-state index >= 15 is 0 Å². The van der Waals surface area contributed by atoms with Crippen molar-refractivity contribution in [3.8, 4) is 0 Å². The van der Waals surface area contributed by atoms with Crippen LogP contribution in [-0.2, 0) is 4.79 Å². The molecule has 0 spiro atoms. The summed E-state index contributed by atoms with van der Waals surface area (Å²) in [4.78, 5) is 10.6. The van der Waals surface area contributed by atoms with Crippen molar-refractivity contribution in [2.75, 3.05) is 0 Å². The van der Waals surface area contributed by atoms with Gasteiger partial charge in [-0.2, -0.15) is 0 Å². The summed E-state index contributed by atoms with van der Waals surface area (Å²) >= 11 is 0. The first kappa shape index (κ1) is 10.5. The molecule has 1 rings (SSSR count). The van der Waals surface area contributed by atoms with E-state index in [2.05, 4.69) is 5.32 Å².